The second kappa shape index (κ2) is 6.20. The van der Waals surface area contributed by atoms with Crippen LogP contribution in [0.1, 0.15) is 23.7 Å². The molecule has 1 rings (SSSR count). The smallest absolute Gasteiger partial charge is 0.313 e. The molecule has 86 valence electrons. The van der Waals surface area contributed by atoms with E-state index in [0.29, 0.717) is 10.6 Å². The number of Topliss-reactive ketones (excluding diaryl/α,β-unsaturated/α-hetero) is 1. The van der Waals surface area contributed by atoms with Crippen LogP contribution in [0.5, 0.6) is 0 Å². The lowest BCUT2D eigenvalue weighted by molar-refractivity contribution is -0.141. The number of hydrogen-bond acceptors (Lipinski definition) is 3. The Balaban J connectivity index is 2.77. The molecule has 0 spiro atoms. The number of esters is 1. The molecule has 0 saturated carbocycles. The predicted molar refractivity (Wildman–Crippen MR) is 69.7 cm³/mol. The summed E-state index contributed by atoms with van der Waals surface area (Å²) in [4.78, 5) is 22.8. The van der Waals surface area contributed by atoms with E-state index < -0.39 is 5.97 Å². The first-order chi connectivity index (χ1) is 7.54. The molecule has 0 bridgehead atoms. The molecular weight excluding hydrogens is 342 g/mol. The van der Waals surface area contributed by atoms with Gasteiger partial charge in [0.15, 0.2) is 5.78 Å². The van der Waals surface area contributed by atoms with E-state index in [9.17, 15) is 9.59 Å². The van der Waals surface area contributed by atoms with Gasteiger partial charge in [0.25, 0.3) is 0 Å². The fraction of sp³-hybridized carbons (Fsp3) is 0.273. The monoisotopic (exact) mass is 352 g/mol. The zero-order valence-electron chi connectivity index (χ0n) is 8.63. The number of carbonyl (C=O) groups is 2. The van der Waals surface area contributed by atoms with E-state index in [1.165, 1.54) is 0 Å². The Hall–Kier alpha value is -0.620. The quantitative estimate of drug-likeness (QED) is 0.362. The second-order valence-corrected chi connectivity index (χ2v) is 4.68. The third-order valence-corrected chi connectivity index (χ3v) is 2.83. The molecule has 0 saturated heterocycles. The number of benzene rings is 1. The summed E-state index contributed by atoms with van der Waals surface area (Å²) < 4.78 is 5.63. The van der Waals surface area contributed by atoms with Crippen molar-refractivity contribution < 1.29 is 14.3 Å². The minimum Gasteiger partial charge on any atom is -0.466 e. The van der Waals surface area contributed by atoms with Gasteiger partial charge in [-0.15, -0.1) is 0 Å². The van der Waals surface area contributed by atoms with Crippen LogP contribution in [0.15, 0.2) is 18.2 Å². The molecule has 3 nitrogen and oxygen atoms in total. The fourth-order valence-corrected chi connectivity index (χ4v) is 2.12. The number of ether oxygens (including phenoxy) is 1. The lowest BCUT2D eigenvalue weighted by Gasteiger charge is -2.04. The molecule has 0 atom stereocenters. The normalized spacial score (nSPS) is 9.94. The first-order valence-corrected chi connectivity index (χ1v) is 6.14. The first-order valence-electron chi connectivity index (χ1n) is 4.68. The van der Waals surface area contributed by atoms with E-state index in [-0.39, 0.29) is 18.8 Å². The number of rotatable bonds is 4. The van der Waals surface area contributed by atoms with Gasteiger partial charge in [-0.2, -0.15) is 0 Å². The standard InChI is InChI=1S/C11H10ClIO3/c1-2-16-11(15)6-10(14)8-4-3-7(13)5-9(8)12/h3-5H,2,6H2,1H3. The van der Waals surface area contributed by atoms with Crippen LogP contribution in [0, 0.1) is 3.57 Å². The van der Waals surface area contributed by atoms with Crippen LogP contribution >= 0.6 is 34.2 Å². The lowest BCUT2D eigenvalue weighted by atomic mass is 10.1. The molecule has 16 heavy (non-hydrogen) atoms. The highest BCUT2D eigenvalue weighted by Crippen LogP contribution is 2.20. The molecule has 0 radical (unpaired) electrons. The van der Waals surface area contributed by atoms with E-state index in [1.807, 2.05) is 0 Å². The van der Waals surface area contributed by atoms with Crippen molar-refractivity contribution in [2.24, 2.45) is 0 Å². The van der Waals surface area contributed by atoms with Gasteiger partial charge < -0.3 is 4.74 Å². The van der Waals surface area contributed by atoms with Gasteiger partial charge in [0.2, 0.25) is 0 Å². The van der Waals surface area contributed by atoms with Crippen molar-refractivity contribution >= 4 is 45.9 Å². The summed E-state index contributed by atoms with van der Waals surface area (Å²) in [6.45, 7) is 1.97. The van der Waals surface area contributed by atoms with Crippen molar-refractivity contribution in [1.82, 2.24) is 0 Å². The second-order valence-electron chi connectivity index (χ2n) is 3.03. The molecular formula is C11H10ClIO3. The van der Waals surface area contributed by atoms with Crippen molar-refractivity contribution in [3.8, 4) is 0 Å². The molecule has 0 aliphatic heterocycles. The van der Waals surface area contributed by atoms with Crippen LogP contribution in [0.25, 0.3) is 0 Å². The van der Waals surface area contributed by atoms with Gasteiger partial charge in [-0.1, -0.05) is 11.6 Å². The zero-order valence-corrected chi connectivity index (χ0v) is 11.5. The van der Waals surface area contributed by atoms with Gasteiger partial charge in [-0.25, -0.2) is 0 Å². The van der Waals surface area contributed by atoms with Crippen molar-refractivity contribution in [3.05, 3.63) is 32.4 Å². The summed E-state index contributed by atoms with van der Waals surface area (Å²) in [5, 5.41) is 0.362. The first kappa shape index (κ1) is 13.4. The summed E-state index contributed by atoms with van der Waals surface area (Å²) >= 11 is 8.00. The third kappa shape index (κ3) is 3.75. The molecule has 0 aliphatic carbocycles. The van der Waals surface area contributed by atoms with Crippen LogP contribution in [0.4, 0.5) is 0 Å². The van der Waals surface area contributed by atoms with E-state index in [0.717, 1.165) is 3.57 Å². The average molecular weight is 353 g/mol. The summed E-state index contributed by atoms with van der Waals surface area (Å²) in [6.07, 6.45) is -0.270. The van der Waals surface area contributed by atoms with Crippen LogP contribution < -0.4 is 0 Å². The Kier molecular flexibility index (Phi) is 5.21. The Bertz CT molecular complexity index is 418. The summed E-state index contributed by atoms with van der Waals surface area (Å²) in [5.41, 5.74) is 0.357. The van der Waals surface area contributed by atoms with Gasteiger partial charge in [-0.05, 0) is 47.7 Å². The van der Waals surface area contributed by atoms with Gasteiger partial charge in [0.1, 0.15) is 6.42 Å². The highest BCUT2D eigenvalue weighted by molar-refractivity contribution is 14.1. The average Bonchev–Trinajstić information content (AvgIpc) is 2.17. The van der Waals surface area contributed by atoms with Crippen LogP contribution in [0.2, 0.25) is 5.02 Å². The molecule has 0 aromatic heterocycles. The lowest BCUT2D eigenvalue weighted by Crippen LogP contribution is -2.11. The minimum atomic E-state index is -0.526. The maximum atomic E-state index is 11.7. The Labute approximate surface area is 112 Å². The van der Waals surface area contributed by atoms with Crippen molar-refractivity contribution in [3.63, 3.8) is 0 Å². The molecule has 5 heteroatoms. The number of halogens is 2. The van der Waals surface area contributed by atoms with Gasteiger partial charge in [0.05, 0.1) is 11.6 Å². The third-order valence-electron chi connectivity index (χ3n) is 1.84. The fourth-order valence-electron chi connectivity index (χ4n) is 1.15. The van der Waals surface area contributed by atoms with Gasteiger partial charge >= 0.3 is 5.97 Å². The Morgan fingerprint density at radius 1 is 1.44 bits per heavy atom. The topological polar surface area (TPSA) is 43.4 Å². The molecule has 0 N–H and O–H groups in total. The molecule has 0 amide bonds. The summed E-state index contributed by atoms with van der Waals surface area (Å²) in [5.74, 6) is -0.845. The van der Waals surface area contributed by atoms with Crippen LogP contribution in [0.3, 0.4) is 0 Å². The number of carbonyl (C=O) groups excluding carboxylic acids is 2. The van der Waals surface area contributed by atoms with Crippen molar-refractivity contribution in [2.75, 3.05) is 6.61 Å². The maximum absolute atomic E-state index is 11.7. The SMILES string of the molecule is CCOC(=O)CC(=O)c1ccc(I)cc1Cl. The Morgan fingerprint density at radius 3 is 2.69 bits per heavy atom. The van der Waals surface area contributed by atoms with E-state index in [1.54, 1.807) is 25.1 Å². The maximum Gasteiger partial charge on any atom is 0.313 e. The van der Waals surface area contributed by atoms with Crippen LogP contribution in [-0.4, -0.2) is 18.4 Å². The zero-order chi connectivity index (χ0) is 12.1. The van der Waals surface area contributed by atoms with Gasteiger partial charge in [-0.3, -0.25) is 9.59 Å². The highest BCUT2D eigenvalue weighted by Gasteiger charge is 2.15. The predicted octanol–water partition coefficient (Wildman–Crippen LogP) is 3.08. The molecule has 1 aromatic carbocycles. The molecule has 1 aromatic rings. The minimum absolute atomic E-state index is 0.270. The largest absolute Gasteiger partial charge is 0.466 e. The van der Waals surface area contributed by atoms with E-state index in [2.05, 4.69) is 22.6 Å². The summed E-state index contributed by atoms with van der Waals surface area (Å²) in [7, 11) is 0. The highest BCUT2D eigenvalue weighted by atomic mass is 127. The molecule has 0 aliphatic rings. The Morgan fingerprint density at radius 2 is 2.12 bits per heavy atom. The van der Waals surface area contributed by atoms with Crippen molar-refractivity contribution in [2.45, 2.75) is 13.3 Å². The number of ketones is 1. The molecule has 0 fully saturated rings. The number of hydrogen-bond donors (Lipinski definition) is 0. The molecule has 0 heterocycles. The summed E-state index contributed by atoms with van der Waals surface area (Å²) in [6, 6.07) is 5.07. The van der Waals surface area contributed by atoms with Crippen LogP contribution in [-0.2, 0) is 9.53 Å². The van der Waals surface area contributed by atoms with Crippen molar-refractivity contribution in [1.29, 1.82) is 0 Å². The van der Waals surface area contributed by atoms with E-state index in [4.69, 9.17) is 16.3 Å². The molecule has 0 unspecified atom stereocenters. The van der Waals surface area contributed by atoms with Gasteiger partial charge in [0, 0.05) is 9.13 Å². The van der Waals surface area contributed by atoms with E-state index >= 15 is 0 Å².